The normalized spacial score (nSPS) is 17.9. The number of carboxylic acids is 1. The highest BCUT2D eigenvalue weighted by atomic mass is 79.9. The van der Waals surface area contributed by atoms with Crippen LogP contribution in [-0.4, -0.2) is 36.9 Å². The zero-order valence-electron chi connectivity index (χ0n) is 10.7. The molecule has 0 spiro atoms. The number of rotatable bonds is 3. The van der Waals surface area contributed by atoms with Crippen molar-refractivity contribution in [3.63, 3.8) is 0 Å². The Morgan fingerprint density at radius 1 is 1.29 bits per heavy atom. The molecule has 0 atom stereocenters. The van der Waals surface area contributed by atoms with Crippen molar-refractivity contribution in [1.29, 1.82) is 0 Å². The molecule has 21 heavy (non-hydrogen) atoms. The lowest BCUT2D eigenvalue weighted by molar-refractivity contribution is -0.142. The van der Waals surface area contributed by atoms with E-state index in [0.29, 0.717) is 6.07 Å². The second-order valence-corrected chi connectivity index (χ2v) is 7.44. The van der Waals surface area contributed by atoms with Gasteiger partial charge in [0.15, 0.2) is 0 Å². The van der Waals surface area contributed by atoms with E-state index in [-0.39, 0.29) is 30.4 Å². The summed E-state index contributed by atoms with van der Waals surface area (Å²) in [6, 6.07) is 1.38. The molecule has 1 heterocycles. The first-order valence-corrected chi connectivity index (χ1v) is 8.34. The van der Waals surface area contributed by atoms with Gasteiger partial charge in [-0.1, -0.05) is 0 Å². The lowest BCUT2D eigenvalue weighted by Crippen LogP contribution is -2.40. The van der Waals surface area contributed by atoms with Crippen LogP contribution in [0.5, 0.6) is 0 Å². The van der Waals surface area contributed by atoms with Gasteiger partial charge in [-0.3, -0.25) is 4.79 Å². The number of halogens is 3. The molecular formula is C12H12BrF2NO4S. The first-order valence-electron chi connectivity index (χ1n) is 6.11. The summed E-state index contributed by atoms with van der Waals surface area (Å²) in [6.45, 7) is -0.0227. The predicted octanol–water partition coefficient (Wildman–Crippen LogP) is 2.21. The van der Waals surface area contributed by atoms with Crippen molar-refractivity contribution in [3.05, 3.63) is 28.2 Å². The molecule has 0 bridgehead atoms. The van der Waals surface area contributed by atoms with Crippen molar-refractivity contribution in [2.45, 2.75) is 17.7 Å². The number of hydrogen-bond donors (Lipinski definition) is 1. The summed E-state index contributed by atoms with van der Waals surface area (Å²) in [4.78, 5) is 10.2. The van der Waals surface area contributed by atoms with Gasteiger partial charge in [0, 0.05) is 23.6 Å². The number of benzene rings is 1. The Balaban J connectivity index is 2.30. The Kier molecular flexibility index (Phi) is 4.64. The first kappa shape index (κ1) is 16.3. The van der Waals surface area contributed by atoms with Crippen molar-refractivity contribution in [1.82, 2.24) is 4.31 Å². The Bertz CT molecular complexity index is 649. The second kappa shape index (κ2) is 5.98. The van der Waals surface area contributed by atoms with Crippen molar-refractivity contribution in [2.24, 2.45) is 5.92 Å². The molecule has 0 unspecified atom stereocenters. The molecular weight excluding hydrogens is 372 g/mol. The Labute approximate surface area is 128 Å². The molecule has 0 radical (unpaired) electrons. The fourth-order valence-corrected chi connectivity index (χ4v) is 4.83. The van der Waals surface area contributed by atoms with Crippen molar-refractivity contribution in [2.75, 3.05) is 13.1 Å². The van der Waals surface area contributed by atoms with Gasteiger partial charge in [0.25, 0.3) is 0 Å². The largest absolute Gasteiger partial charge is 0.481 e. The molecule has 0 amide bonds. The lowest BCUT2D eigenvalue weighted by Gasteiger charge is -2.29. The average Bonchev–Trinajstić information content (AvgIpc) is 2.37. The van der Waals surface area contributed by atoms with Crippen LogP contribution in [0.1, 0.15) is 12.8 Å². The third kappa shape index (κ3) is 3.24. The SMILES string of the molecule is O=C(O)C1CCN(S(=O)(=O)c2c(F)cc(F)cc2Br)CC1. The maximum Gasteiger partial charge on any atom is 0.306 e. The molecule has 5 nitrogen and oxygen atoms in total. The molecule has 2 rings (SSSR count). The standard InChI is InChI=1S/C12H12BrF2NO4S/c13-9-5-8(14)6-10(15)11(9)21(19,20)16-3-1-7(2-4-16)12(17)18/h5-7H,1-4H2,(H,17,18). The van der Waals surface area contributed by atoms with E-state index in [2.05, 4.69) is 15.9 Å². The van der Waals surface area contributed by atoms with Crippen LogP contribution in [0.15, 0.2) is 21.5 Å². The van der Waals surface area contributed by atoms with Gasteiger partial charge in [-0.05, 0) is 34.8 Å². The van der Waals surface area contributed by atoms with Crippen LogP contribution < -0.4 is 0 Å². The van der Waals surface area contributed by atoms with Crippen LogP contribution in [0, 0.1) is 17.6 Å². The second-order valence-electron chi connectivity index (χ2n) is 4.72. The number of hydrogen-bond acceptors (Lipinski definition) is 3. The topological polar surface area (TPSA) is 74.7 Å². The van der Waals surface area contributed by atoms with Gasteiger partial charge in [-0.15, -0.1) is 0 Å². The Morgan fingerprint density at radius 2 is 1.86 bits per heavy atom. The summed E-state index contributed by atoms with van der Waals surface area (Å²) in [7, 11) is -4.14. The molecule has 1 N–H and O–H groups in total. The fourth-order valence-electron chi connectivity index (χ4n) is 2.25. The maximum atomic E-state index is 13.8. The average molecular weight is 384 g/mol. The third-order valence-corrected chi connectivity index (χ3v) is 6.23. The zero-order chi connectivity index (χ0) is 15.8. The van der Waals surface area contributed by atoms with Crippen LogP contribution in [0.25, 0.3) is 0 Å². The predicted molar refractivity (Wildman–Crippen MR) is 73.2 cm³/mol. The molecule has 116 valence electrons. The van der Waals surface area contributed by atoms with Gasteiger partial charge in [0.05, 0.1) is 5.92 Å². The highest BCUT2D eigenvalue weighted by Gasteiger charge is 2.34. The summed E-state index contributed by atoms with van der Waals surface area (Å²) >= 11 is 2.86. The van der Waals surface area contributed by atoms with E-state index in [0.717, 1.165) is 10.4 Å². The van der Waals surface area contributed by atoms with Crippen LogP contribution >= 0.6 is 15.9 Å². The van der Waals surface area contributed by atoms with Crippen LogP contribution in [0.2, 0.25) is 0 Å². The monoisotopic (exact) mass is 383 g/mol. The van der Waals surface area contributed by atoms with Crippen molar-refractivity contribution >= 4 is 31.9 Å². The quantitative estimate of drug-likeness (QED) is 0.867. The molecule has 1 aromatic rings. The van der Waals surface area contributed by atoms with Crippen molar-refractivity contribution in [3.8, 4) is 0 Å². The zero-order valence-corrected chi connectivity index (χ0v) is 13.1. The number of aliphatic carboxylic acids is 1. The smallest absolute Gasteiger partial charge is 0.306 e. The first-order chi connectivity index (χ1) is 9.73. The molecule has 1 aliphatic rings. The van der Waals surface area contributed by atoms with Crippen LogP contribution in [0.3, 0.4) is 0 Å². The van der Waals surface area contributed by atoms with E-state index in [1.807, 2.05) is 0 Å². The summed E-state index contributed by atoms with van der Waals surface area (Å²) in [5, 5.41) is 8.89. The van der Waals surface area contributed by atoms with Gasteiger partial charge in [0.1, 0.15) is 16.5 Å². The minimum atomic E-state index is -4.14. The van der Waals surface area contributed by atoms with Gasteiger partial charge in [0.2, 0.25) is 10.0 Å². The van der Waals surface area contributed by atoms with E-state index in [4.69, 9.17) is 5.11 Å². The molecule has 0 saturated carbocycles. The lowest BCUT2D eigenvalue weighted by atomic mass is 9.99. The summed E-state index contributed by atoms with van der Waals surface area (Å²) in [5.74, 6) is -3.63. The highest BCUT2D eigenvalue weighted by Crippen LogP contribution is 2.31. The van der Waals surface area contributed by atoms with Crippen LogP contribution in [0.4, 0.5) is 8.78 Å². The number of sulfonamides is 1. The van der Waals surface area contributed by atoms with E-state index in [1.165, 1.54) is 0 Å². The van der Waals surface area contributed by atoms with E-state index < -0.39 is 38.4 Å². The molecule has 1 saturated heterocycles. The molecule has 1 fully saturated rings. The van der Waals surface area contributed by atoms with Crippen LogP contribution in [-0.2, 0) is 14.8 Å². The molecule has 0 aliphatic carbocycles. The van der Waals surface area contributed by atoms with Gasteiger partial charge in [-0.2, -0.15) is 4.31 Å². The fraction of sp³-hybridized carbons (Fsp3) is 0.417. The van der Waals surface area contributed by atoms with E-state index >= 15 is 0 Å². The van der Waals surface area contributed by atoms with Gasteiger partial charge < -0.3 is 5.11 Å². The number of carbonyl (C=O) groups is 1. The molecule has 1 aromatic carbocycles. The third-order valence-electron chi connectivity index (χ3n) is 3.36. The van der Waals surface area contributed by atoms with E-state index in [9.17, 15) is 22.0 Å². The minimum Gasteiger partial charge on any atom is -0.481 e. The number of carboxylic acid groups (broad SMARTS) is 1. The summed E-state index contributed by atoms with van der Waals surface area (Å²) < 4.78 is 52.5. The Morgan fingerprint density at radius 3 is 2.33 bits per heavy atom. The van der Waals surface area contributed by atoms with E-state index in [1.54, 1.807) is 0 Å². The summed E-state index contributed by atoms with van der Waals surface area (Å²) in [5.41, 5.74) is 0. The van der Waals surface area contributed by atoms with Gasteiger partial charge in [-0.25, -0.2) is 17.2 Å². The molecule has 1 aliphatic heterocycles. The minimum absolute atomic E-state index is 0.0114. The Hall–Kier alpha value is -1.06. The molecule has 0 aromatic heterocycles. The maximum absolute atomic E-state index is 13.8. The summed E-state index contributed by atoms with van der Waals surface area (Å²) in [6.07, 6.45) is 0.323. The molecule has 9 heteroatoms. The highest BCUT2D eigenvalue weighted by molar-refractivity contribution is 9.10. The number of piperidine rings is 1. The van der Waals surface area contributed by atoms with Crippen molar-refractivity contribution < 1.29 is 27.1 Å². The van der Waals surface area contributed by atoms with Gasteiger partial charge >= 0.3 is 5.97 Å². The number of nitrogens with zero attached hydrogens (tertiary/aromatic N) is 1.